The summed E-state index contributed by atoms with van der Waals surface area (Å²) in [5.74, 6) is -0.646. The standard InChI is InChI=1S/C18H22N2O4/c1-12-13-4-2-3-5-14(13)20-16(15(12)17(21)22)19-9-6-18(23)7-10-24-11-8-18/h2-5,23H,6-11H2,1H3,(H,19,20)(H,21,22). The first-order valence-corrected chi connectivity index (χ1v) is 8.17. The number of ether oxygens (including phenoxy) is 1. The highest BCUT2D eigenvalue weighted by atomic mass is 16.5. The number of rotatable bonds is 5. The number of carbonyl (C=O) groups is 1. The second-order valence-electron chi connectivity index (χ2n) is 6.30. The summed E-state index contributed by atoms with van der Waals surface area (Å²) in [6.07, 6.45) is 1.73. The van der Waals surface area contributed by atoms with Crippen molar-refractivity contribution in [2.45, 2.75) is 31.8 Å². The Morgan fingerprint density at radius 1 is 1.33 bits per heavy atom. The summed E-state index contributed by atoms with van der Waals surface area (Å²) in [4.78, 5) is 16.1. The molecule has 0 amide bonds. The van der Waals surface area contributed by atoms with Crippen molar-refractivity contribution >= 4 is 22.7 Å². The summed E-state index contributed by atoms with van der Waals surface area (Å²) >= 11 is 0. The molecule has 24 heavy (non-hydrogen) atoms. The molecule has 3 N–H and O–H groups in total. The van der Waals surface area contributed by atoms with Crippen LogP contribution in [0.1, 0.15) is 35.2 Å². The van der Waals surface area contributed by atoms with Crippen molar-refractivity contribution in [2.75, 3.05) is 25.1 Å². The molecule has 0 radical (unpaired) electrons. The number of nitrogens with zero attached hydrogens (tertiary/aromatic N) is 1. The van der Waals surface area contributed by atoms with E-state index in [2.05, 4.69) is 10.3 Å². The van der Waals surface area contributed by atoms with Crippen molar-refractivity contribution in [3.63, 3.8) is 0 Å². The summed E-state index contributed by atoms with van der Waals surface area (Å²) in [5, 5.41) is 24.0. The minimum Gasteiger partial charge on any atom is -0.478 e. The van der Waals surface area contributed by atoms with Crippen molar-refractivity contribution in [1.82, 2.24) is 4.98 Å². The van der Waals surface area contributed by atoms with Crippen molar-refractivity contribution in [1.29, 1.82) is 0 Å². The van der Waals surface area contributed by atoms with Crippen LogP contribution in [0.25, 0.3) is 10.9 Å². The fraction of sp³-hybridized carbons (Fsp3) is 0.444. The third-order valence-corrected chi connectivity index (χ3v) is 4.67. The number of aromatic carboxylic acids is 1. The molecule has 6 nitrogen and oxygen atoms in total. The molecule has 1 fully saturated rings. The van der Waals surface area contributed by atoms with Gasteiger partial charge in [-0.2, -0.15) is 0 Å². The Bertz CT molecular complexity index is 754. The van der Waals surface area contributed by atoms with E-state index in [9.17, 15) is 15.0 Å². The van der Waals surface area contributed by atoms with Crippen LogP contribution in [0.15, 0.2) is 24.3 Å². The van der Waals surface area contributed by atoms with Crippen LogP contribution in [0.5, 0.6) is 0 Å². The summed E-state index contributed by atoms with van der Waals surface area (Å²) in [6.45, 7) is 3.38. The van der Waals surface area contributed by atoms with Gasteiger partial charge in [0.05, 0.1) is 11.1 Å². The fourth-order valence-electron chi connectivity index (χ4n) is 3.18. The van der Waals surface area contributed by atoms with Gasteiger partial charge in [0.15, 0.2) is 0 Å². The number of aliphatic hydroxyl groups is 1. The number of aryl methyl sites for hydroxylation is 1. The maximum absolute atomic E-state index is 11.7. The Labute approximate surface area is 140 Å². The van der Waals surface area contributed by atoms with Gasteiger partial charge in [0, 0.05) is 25.1 Å². The van der Waals surface area contributed by atoms with Crippen LogP contribution < -0.4 is 5.32 Å². The molecule has 6 heteroatoms. The molecule has 128 valence electrons. The summed E-state index contributed by atoms with van der Waals surface area (Å²) in [7, 11) is 0. The molecule has 1 aromatic heterocycles. The number of hydrogen-bond donors (Lipinski definition) is 3. The molecule has 2 aromatic rings. The molecule has 3 rings (SSSR count). The lowest BCUT2D eigenvalue weighted by molar-refractivity contribution is -0.0657. The molecule has 0 unspecified atom stereocenters. The highest BCUT2D eigenvalue weighted by Gasteiger charge is 2.29. The van der Waals surface area contributed by atoms with E-state index >= 15 is 0 Å². The van der Waals surface area contributed by atoms with E-state index in [4.69, 9.17) is 4.74 Å². The average molecular weight is 330 g/mol. The summed E-state index contributed by atoms with van der Waals surface area (Å²) in [5.41, 5.74) is 0.890. The Morgan fingerprint density at radius 2 is 2.04 bits per heavy atom. The number of para-hydroxylation sites is 1. The Kier molecular flexibility index (Phi) is 4.69. The van der Waals surface area contributed by atoms with E-state index in [-0.39, 0.29) is 5.56 Å². The predicted molar refractivity (Wildman–Crippen MR) is 91.5 cm³/mol. The van der Waals surface area contributed by atoms with Crippen LogP contribution in [0.2, 0.25) is 0 Å². The molecule has 0 atom stereocenters. The van der Waals surface area contributed by atoms with Crippen LogP contribution in [-0.2, 0) is 4.74 Å². The number of carboxylic acid groups (broad SMARTS) is 1. The molecular weight excluding hydrogens is 308 g/mol. The maximum atomic E-state index is 11.7. The largest absolute Gasteiger partial charge is 0.478 e. The van der Waals surface area contributed by atoms with Gasteiger partial charge in [-0.25, -0.2) is 9.78 Å². The minimum atomic E-state index is -1.00. The average Bonchev–Trinajstić information content (AvgIpc) is 2.55. The van der Waals surface area contributed by atoms with Gasteiger partial charge in [-0.3, -0.25) is 0 Å². The van der Waals surface area contributed by atoms with Crippen molar-refractivity contribution < 1.29 is 19.7 Å². The number of nitrogens with one attached hydrogen (secondary N) is 1. The SMILES string of the molecule is Cc1c(C(=O)O)c(NCCC2(O)CCOCC2)nc2ccccc12. The lowest BCUT2D eigenvalue weighted by Gasteiger charge is -2.32. The van der Waals surface area contributed by atoms with E-state index in [1.54, 1.807) is 6.92 Å². The molecule has 0 aliphatic carbocycles. The second-order valence-corrected chi connectivity index (χ2v) is 6.30. The van der Waals surface area contributed by atoms with Crippen LogP contribution >= 0.6 is 0 Å². The van der Waals surface area contributed by atoms with Crippen LogP contribution in [0.3, 0.4) is 0 Å². The number of fused-ring (bicyclic) bond motifs is 1. The molecule has 1 aliphatic heterocycles. The van der Waals surface area contributed by atoms with Gasteiger partial charge in [0.2, 0.25) is 0 Å². The lowest BCUT2D eigenvalue weighted by atomic mass is 9.91. The normalized spacial score (nSPS) is 16.9. The quantitative estimate of drug-likeness (QED) is 0.780. The number of benzene rings is 1. The van der Waals surface area contributed by atoms with E-state index < -0.39 is 11.6 Å². The number of pyridine rings is 1. The Hall–Kier alpha value is -2.18. The zero-order chi connectivity index (χ0) is 17.2. The first kappa shape index (κ1) is 16.7. The summed E-state index contributed by atoms with van der Waals surface area (Å²) < 4.78 is 5.27. The zero-order valence-electron chi connectivity index (χ0n) is 13.7. The van der Waals surface area contributed by atoms with Crippen molar-refractivity contribution in [3.8, 4) is 0 Å². The molecule has 2 heterocycles. The van der Waals surface area contributed by atoms with Gasteiger partial charge in [-0.15, -0.1) is 0 Å². The monoisotopic (exact) mass is 330 g/mol. The third-order valence-electron chi connectivity index (χ3n) is 4.67. The van der Waals surface area contributed by atoms with Gasteiger partial charge < -0.3 is 20.3 Å². The molecule has 1 saturated heterocycles. The number of aromatic nitrogens is 1. The molecule has 0 saturated carbocycles. The van der Waals surface area contributed by atoms with Crippen molar-refractivity contribution in [3.05, 3.63) is 35.4 Å². The molecule has 1 aliphatic rings. The van der Waals surface area contributed by atoms with Gasteiger partial charge in [0.1, 0.15) is 11.4 Å². The fourth-order valence-corrected chi connectivity index (χ4v) is 3.18. The minimum absolute atomic E-state index is 0.188. The predicted octanol–water partition coefficient (Wildman–Crippen LogP) is 2.58. The summed E-state index contributed by atoms with van der Waals surface area (Å²) in [6, 6.07) is 7.49. The van der Waals surface area contributed by atoms with Crippen LogP contribution in [0.4, 0.5) is 5.82 Å². The molecule has 0 bridgehead atoms. The maximum Gasteiger partial charge on any atom is 0.339 e. The van der Waals surface area contributed by atoms with Crippen LogP contribution in [0, 0.1) is 6.92 Å². The number of hydrogen-bond acceptors (Lipinski definition) is 5. The van der Waals surface area contributed by atoms with Gasteiger partial charge in [-0.1, -0.05) is 18.2 Å². The van der Waals surface area contributed by atoms with E-state index in [0.29, 0.717) is 50.4 Å². The van der Waals surface area contributed by atoms with Gasteiger partial charge >= 0.3 is 5.97 Å². The topological polar surface area (TPSA) is 91.7 Å². The van der Waals surface area contributed by atoms with E-state index in [1.807, 2.05) is 24.3 Å². The van der Waals surface area contributed by atoms with Crippen molar-refractivity contribution in [2.24, 2.45) is 0 Å². The highest BCUT2D eigenvalue weighted by molar-refractivity contribution is 6.01. The second kappa shape index (κ2) is 6.75. The van der Waals surface area contributed by atoms with Crippen LogP contribution in [-0.4, -0.2) is 46.5 Å². The number of anilines is 1. The molecule has 0 spiro atoms. The van der Waals surface area contributed by atoms with E-state index in [0.717, 1.165) is 10.9 Å². The zero-order valence-corrected chi connectivity index (χ0v) is 13.7. The first-order chi connectivity index (χ1) is 11.5. The van der Waals surface area contributed by atoms with Gasteiger partial charge in [0.25, 0.3) is 0 Å². The third kappa shape index (κ3) is 3.34. The Balaban J connectivity index is 1.83. The lowest BCUT2D eigenvalue weighted by Crippen LogP contribution is -2.37. The van der Waals surface area contributed by atoms with E-state index in [1.165, 1.54) is 0 Å². The number of carboxylic acids is 1. The van der Waals surface area contributed by atoms with Gasteiger partial charge in [-0.05, 0) is 37.8 Å². The molecular formula is C18H22N2O4. The highest BCUT2D eigenvalue weighted by Crippen LogP contribution is 2.27. The smallest absolute Gasteiger partial charge is 0.339 e. The molecule has 1 aromatic carbocycles. The first-order valence-electron chi connectivity index (χ1n) is 8.17. The Morgan fingerprint density at radius 3 is 2.75 bits per heavy atom.